The van der Waals surface area contributed by atoms with Gasteiger partial charge in [0.05, 0.1) is 16.8 Å². The van der Waals surface area contributed by atoms with Gasteiger partial charge in [0.15, 0.2) is 17.5 Å². The van der Waals surface area contributed by atoms with Gasteiger partial charge in [-0.05, 0) is 57.4 Å². The first kappa shape index (κ1) is 26.0. The van der Waals surface area contributed by atoms with Crippen LogP contribution in [0.2, 0.25) is 0 Å². The molecule has 0 aliphatic carbocycles. The Morgan fingerprint density at radius 1 is 0.634 bits per heavy atom. The highest BCUT2D eigenvalue weighted by molar-refractivity contribution is 7.25. The van der Waals surface area contributed by atoms with Crippen LogP contribution < -0.4 is 5.46 Å². The molecule has 0 unspecified atom stereocenters. The fourth-order valence-electron chi connectivity index (χ4n) is 5.05. The molecule has 202 valence electrons. The molecule has 0 bridgehead atoms. The molecule has 41 heavy (non-hydrogen) atoms. The van der Waals surface area contributed by atoms with Gasteiger partial charge in [0.1, 0.15) is 5.82 Å². The summed E-state index contributed by atoms with van der Waals surface area (Å²) in [7, 11) is -0.635. The molecule has 0 amide bonds. The number of halogens is 1. The molecule has 4 aromatic carbocycles. The van der Waals surface area contributed by atoms with Crippen molar-refractivity contribution in [1.82, 2.24) is 15.0 Å². The first-order chi connectivity index (χ1) is 19.7. The summed E-state index contributed by atoms with van der Waals surface area (Å²) in [6.45, 7) is 7.98. The van der Waals surface area contributed by atoms with Gasteiger partial charge in [-0.25, -0.2) is 19.3 Å². The fraction of sp³-hybridized carbons (Fsp3) is 0.182. The minimum absolute atomic E-state index is 0.251. The molecule has 7 rings (SSSR count). The summed E-state index contributed by atoms with van der Waals surface area (Å²) in [6, 6.07) is 29.1. The zero-order chi connectivity index (χ0) is 28.4. The monoisotopic (exact) mass is 559 g/mol. The smallest absolute Gasteiger partial charge is 0.399 e. The Morgan fingerprint density at radius 3 is 2.02 bits per heavy atom. The highest BCUT2D eigenvalue weighted by atomic mass is 32.1. The molecule has 0 atom stereocenters. The predicted octanol–water partition coefficient (Wildman–Crippen LogP) is 7.68. The summed E-state index contributed by atoms with van der Waals surface area (Å²) in [5.41, 5.74) is 1.60. The van der Waals surface area contributed by atoms with E-state index in [9.17, 15) is 0 Å². The Bertz CT molecular complexity index is 1920. The molecule has 5 nitrogen and oxygen atoms in total. The lowest BCUT2D eigenvalue weighted by Gasteiger charge is -2.32. The average Bonchev–Trinajstić information content (AvgIpc) is 3.45. The number of aromatic nitrogens is 3. The van der Waals surface area contributed by atoms with Gasteiger partial charge in [-0.15, -0.1) is 11.3 Å². The summed E-state index contributed by atoms with van der Waals surface area (Å²) < 4.78 is 30.3. The van der Waals surface area contributed by atoms with E-state index in [1.165, 1.54) is 21.5 Å². The third-order valence-corrected chi connectivity index (χ3v) is 9.19. The predicted molar refractivity (Wildman–Crippen MR) is 165 cm³/mol. The van der Waals surface area contributed by atoms with Crippen molar-refractivity contribution in [2.45, 2.75) is 38.9 Å². The van der Waals surface area contributed by atoms with E-state index in [2.05, 4.69) is 36.4 Å². The van der Waals surface area contributed by atoms with E-state index < -0.39 is 24.1 Å². The molecule has 6 aromatic rings. The van der Waals surface area contributed by atoms with Crippen LogP contribution in [0.4, 0.5) is 4.39 Å². The normalized spacial score (nSPS) is 16.1. The van der Waals surface area contributed by atoms with Crippen LogP contribution in [0.25, 0.3) is 54.3 Å². The van der Waals surface area contributed by atoms with Crippen LogP contribution in [-0.4, -0.2) is 33.3 Å². The average molecular weight is 559 g/mol. The van der Waals surface area contributed by atoms with Gasteiger partial charge in [-0.1, -0.05) is 66.7 Å². The third kappa shape index (κ3) is 4.52. The lowest BCUT2D eigenvalue weighted by molar-refractivity contribution is 0.00578. The number of benzene rings is 4. The number of rotatable bonds is 4. The summed E-state index contributed by atoms with van der Waals surface area (Å²) in [5.74, 6) is 0.777. The second kappa shape index (κ2) is 9.55. The molecule has 0 N–H and O–H groups in total. The maximum Gasteiger partial charge on any atom is 0.494 e. The highest BCUT2D eigenvalue weighted by Gasteiger charge is 2.51. The van der Waals surface area contributed by atoms with Crippen molar-refractivity contribution in [1.29, 1.82) is 0 Å². The summed E-state index contributed by atoms with van der Waals surface area (Å²) in [6.07, 6.45) is 0. The minimum atomic E-state index is -0.635. The molecule has 0 spiro atoms. The Hall–Kier alpha value is -3.98. The molecule has 1 aliphatic heterocycles. The number of fused-ring (bicyclic) bond motifs is 3. The fourth-order valence-corrected chi connectivity index (χ4v) is 6.19. The van der Waals surface area contributed by atoms with Crippen LogP contribution in [-0.2, 0) is 9.31 Å². The number of nitrogens with zero attached hydrogens (tertiary/aromatic N) is 3. The van der Waals surface area contributed by atoms with Gasteiger partial charge >= 0.3 is 7.12 Å². The van der Waals surface area contributed by atoms with Crippen LogP contribution >= 0.6 is 11.3 Å². The van der Waals surface area contributed by atoms with Crippen molar-refractivity contribution >= 4 is 44.1 Å². The van der Waals surface area contributed by atoms with Crippen molar-refractivity contribution < 1.29 is 13.7 Å². The number of hydrogen-bond donors (Lipinski definition) is 0. The third-order valence-electron chi connectivity index (χ3n) is 8.06. The first-order valence-corrected chi connectivity index (χ1v) is 14.4. The molecule has 1 saturated heterocycles. The molecule has 2 aromatic heterocycles. The second-order valence-electron chi connectivity index (χ2n) is 11.3. The maximum atomic E-state index is 15.5. The van der Waals surface area contributed by atoms with Crippen molar-refractivity contribution in [2.75, 3.05) is 0 Å². The molecular weight excluding hydrogens is 532 g/mol. The highest BCUT2D eigenvalue weighted by Crippen LogP contribution is 2.38. The topological polar surface area (TPSA) is 57.1 Å². The van der Waals surface area contributed by atoms with Gasteiger partial charge < -0.3 is 9.31 Å². The molecular formula is C33H27BFN3O2S. The van der Waals surface area contributed by atoms with E-state index in [1.807, 2.05) is 64.1 Å². The zero-order valence-corrected chi connectivity index (χ0v) is 24.0. The molecule has 8 heteroatoms. The minimum Gasteiger partial charge on any atom is -0.399 e. The van der Waals surface area contributed by atoms with Crippen molar-refractivity contribution in [3.63, 3.8) is 0 Å². The molecule has 1 aliphatic rings. The SMILES string of the molecule is CC1(C)OB(c2ccc(F)c(-c3nc(-c4ccccc4)nc(-c4ccc5c(c4)sc4ccccc45)n3)c2)OC1(C)C. The van der Waals surface area contributed by atoms with E-state index in [-0.39, 0.29) is 11.4 Å². The lowest BCUT2D eigenvalue weighted by atomic mass is 9.78. The van der Waals surface area contributed by atoms with Crippen LogP contribution in [0.5, 0.6) is 0 Å². The summed E-state index contributed by atoms with van der Waals surface area (Å²) in [4.78, 5) is 14.4. The Labute approximate surface area is 242 Å². The quantitative estimate of drug-likeness (QED) is 0.208. The van der Waals surface area contributed by atoms with Gasteiger partial charge in [0.2, 0.25) is 0 Å². The molecule has 0 saturated carbocycles. The summed E-state index contributed by atoms with van der Waals surface area (Å²) in [5, 5.41) is 2.41. The Balaban J connectivity index is 1.37. The van der Waals surface area contributed by atoms with Crippen LogP contribution in [0, 0.1) is 5.82 Å². The second-order valence-corrected chi connectivity index (χ2v) is 12.4. The van der Waals surface area contributed by atoms with Crippen molar-refractivity contribution in [2.24, 2.45) is 0 Å². The van der Waals surface area contributed by atoms with Crippen molar-refractivity contribution in [3.05, 3.63) is 96.8 Å². The number of thiophene rings is 1. The molecule has 1 fully saturated rings. The zero-order valence-electron chi connectivity index (χ0n) is 23.2. The van der Waals surface area contributed by atoms with Crippen molar-refractivity contribution in [3.8, 4) is 34.2 Å². The van der Waals surface area contributed by atoms with Gasteiger partial charge in [0.25, 0.3) is 0 Å². The Morgan fingerprint density at radius 2 is 1.27 bits per heavy atom. The Kier molecular flexibility index (Phi) is 6.05. The molecule has 3 heterocycles. The van der Waals surface area contributed by atoms with E-state index in [0.29, 0.717) is 17.1 Å². The largest absolute Gasteiger partial charge is 0.494 e. The van der Waals surface area contributed by atoms with Gasteiger partial charge in [0, 0.05) is 31.3 Å². The van der Waals surface area contributed by atoms with E-state index in [4.69, 9.17) is 24.3 Å². The maximum absolute atomic E-state index is 15.5. The van der Waals surface area contributed by atoms with E-state index in [0.717, 1.165) is 15.8 Å². The van der Waals surface area contributed by atoms with Gasteiger partial charge in [-0.2, -0.15) is 0 Å². The van der Waals surface area contributed by atoms with Gasteiger partial charge in [-0.3, -0.25) is 0 Å². The number of hydrogen-bond acceptors (Lipinski definition) is 6. The summed E-state index contributed by atoms with van der Waals surface area (Å²) >= 11 is 1.73. The first-order valence-electron chi connectivity index (χ1n) is 13.6. The standard InChI is InChI=1S/C33H27BFN3O2S/c1-32(2)33(3,4)40-34(39-32)22-15-17-26(35)25(19-22)31-37-29(20-10-6-5-7-11-20)36-30(38-31)21-14-16-24-23-12-8-9-13-27(23)41-28(24)18-21/h5-19H,1-4H3. The van der Waals surface area contributed by atoms with Crippen LogP contribution in [0.15, 0.2) is 91.0 Å². The van der Waals surface area contributed by atoms with Crippen LogP contribution in [0.1, 0.15) is 27.7 Å². The van der Waals surface area contributed by atoms with E-state index >= 15 is 4.39 Å². The van der Waals surface area contributed by atoms with Crippen LogP contribution in [0.3, 0.4) is 0 Å². The lowest BCUT2D eigenvalue weighted by Crippen LogP contribution is -2.41. The van der Waals surface area contributed by atoms with E-state index in [1.54, 1.807) is 23.5 Å². The molecule has 0 radical (unpaired) electrons.